The third-order valence-corrected chi connectivity index (χ3v) is 3.93. The topological polar surface area (TPSA) is 48.7 Å². The van der Waals surface area contributed by atoms with Gasteiger partial charge in [0.2, 0.25) is 5.91 Å². The molecule has 2 aliphatic heterocycles. The van der Waals surface area contributed by atoms with Crippen LogP contribution in [0.1, 0.15) is 18.6 Å². The fraction of sp³-hybridized carbons (Fsp3) is 0.643. The summed E-state index contributed by atoms with van der Waals surface area (Å²) in [5.74, 6) is 1.23. The number of furan rings is 1. The van der Waals surface area contributed by atoms with Crippen LogP contribution in [0.25, 0.3) is 0 Å². The SMILES string of the molecule is O=C(C1CN(Cc2ccco2)CCN1)N1CCCC1. The summed E-state index contributed by atoms with van der Waals surface area (Å²) >= 11 is 0. The fourth-order valence-corrected chi connectivity index (χ4v) is 2.90. The number of likely N-dealkylation sites (tertiary alicyclic amines) is 1. The number of hydrogen-bond acceptors (Lipinski definition) is 4. The molecule has 0 aromatic carbocycles. The highest BCUT2D eigenvalue weighted by Gasteiger charge is 2.30. The molecule has 0 radical (unpaired) electrons. The summed E-state index contributed by atoms with van der Waals surface area (Å²) in [6.07, 6.45) is 3.99. The highest BCUT2D eigenvalue weighted by atomic mass is 16.3. The molecule has 1 atom stereocenters. The Labute approximate surface area is 113 Å². The minimum atomic E-state index is -0.0539. The second-order valence-electron chi connectivity index (χ2n) is 5.35. The first kappa shape index (κ1) is 12.7. The van der Waals surface area contributed by atoms with E-state index in [-0.39, 0.29) is 11.9 Å². The Kier molecular flexibility index (Phi) is 3.84. The lowest BCUT2D eigenvalue weighted by Gasteiger charge is -2.34. The molecule has 5 heteroatoms. The van der Waals surface area contributed by atoms with E-state index >= 15 is 0 Å². The molecule has 1 aromatic heterocycles. The summed E-state index contributed by atoms with van der Waals surface area (Å²) in [4.78, 5) is 16.6. The Morgan fingerprint density at radius 2 is 2.21 bits per heavy atom. The smallest absolute Gasteiger partial charge is 0.241 e. The van der Waals surface area contributed by atoms with E-state index in [1.165, 1.54) is 0 Å². The molecule has 0 saturated carbocycles. The molecule has 3 rings (SSSR count). The summed E-state index contributed by atoms with van der Waals surface area (Å²) in [6.45, 7) is 5.24. The molecule has 1 amide bonds. The lowest BCUT2D eigenvalue weighted by atomic mass is 10.2. The molecule has 1 N–H and O–H groups in total. The lowest BCUT2D eigenvalue weighted by molar-refractivity contribution is -0.133. The van der Waals surface area contributed by atoms with E-state index in [1.54, 1.807) is 6.26 Å². The van der Waals surface area contributed by atoms with E-state index in [1.807, 2.05) is 17.0 Å². The van der Waals surface area contributed by atoms with Crippen molar-refractivity contribution < 1.29 is 9.21 Å². The maximum Gasteiger partial charge on any atom is 0.241 e. The number of carbonyl (C=O) groups is 1. The molecule has 5 nitrogen and oxygen atoms in total. The van der Waals surface area contributed by atoms with Crippen LogP contribution >= 0.6 is 0 Å². The van der Waals surface area contributed by atoms with Crippen molar-refractivity contribution in [2.24, 2.45) is 0 Å². The maximum atomic E-state index is 12.4. The molecular weight excluding hydrogens is 242 g/mol. The number of piperazine rings is 1. The highest BCUT2D eigenvalue weighted by molar-refractivity contribution is 5.82. The van der Waals surface area contributed by atoms with Gasteiger partial charge >= 0.3 is 0 Å². The van der Waals surface area contributed by atoms with Crippen molar-refractivity contribution >= 4 is 5.91 Å². The second-order valence-corrected chi connectivity index (χ2v) is 5.35. The number of amides is 1. The van der Waals surface area contributed by atoms with Crippen molar-refractivity contribution in [2.45, 2.75) is 25.4 Å². The van der Waals surface area contributed by atoms with Crippen LogP contribution in [0.4, 0.5) is 0 Å². The number of hydrogen-bond donors (Lipinski definition) is 1. The van der Waals surface area contributed by atoms with Gasteiger partial charge in [-0.25, -0.2) is 0 Å². The molecular formula is C14H21N3O2. The van der Waals surface area contributed by atoms with E-state index < -0.39 is 0 Å². The van der Waals surface area contributed by atoms with Crippen LogP contribution in [0.2, 0.25) is 0 Å². The second kappa shape index (κ2) is 5.75. The molecule has 2 aliphatic rings. The van der Waals surface area contributed by atoms with Crippen molar-refractivity contribution in [3.05, 3.63) is 24.2 Å². The van der Waals surface area contributed by atoms with Gasteiger partial charge in [0.15, 0.2) is 0 Å². The summed E-state index contributed by atoms with van der Waals surface area (Å²) in [6, 6.07) is 3.84. The molecule has 2 fully saturated rings. The average molecular weight is 263 g/mol. The molecule has 1 aromatic rings. The summed E-state index contributed by atoms with van der Waals surface area (Å²) in [5, 5.41) is 3.34. The molecule has 3 heterocycles. The van der Waals surface area contributed by atoms with Crippen LogP contribution < -0.4 is 5.32 Å². The number of nitrogens with zero attached hydrogens (tertiary/aromatic N) is 2. The first-order chi connectivity index (χ1) is 9.33. The van der Waals surface area contributed by atoms with Crippen molar-refractivity contribution in [3.8, 4) is 0 Å². The lowest BCUT2D eigenvalue weighted by Crippen LogP contribution is -2.57. The van der Waals surface area contributed by atoms with E-state index in [4.69, 9.17) is 4.42 Å². The molecule has 2 saturated heterocycles. The Balaban J connectivity index is 1.56. The Bertz CT molecular complexity index is 412. The Morgan fingerprint density at radius 3 is 2.95 bits per heavy atom. The number of rotatable bonds is 3. The Morgan fingerprint density at radius 1 is 1.37 bits per heavy atom. The molecule has 19 heavy (non-hydrogen) atoms. The Hall–Kier alpha value is -1.33. The van der Waals surface area contributed by atoms with Crippen molar-refractivity contribution in [2.75, 3.05) is 32.7 Å². The summed E-state index contributed by atoms with van der Waals surface area (Å²) in [7, 11) is 0. The molecule has 0 aliphatic carbocycles. The van der Waals surface area contributed by atoms with Gasteiger partial charge in [-0.1, -0.05) is 0 Å². The van der Waals surface area contributed by atoms with E-state index in [0.29, 0.717) is 0 Å². The first-order valence-electron chi connectivity index (χ1n) is 7.10. The third kappa shape index (κ3) is 2.98. The minimum Gasteiger partial charge on any atom is -0.468 e. The van der Waals surface area contributed by atoms with Gasteiger partial charge in [0.25, 0.3) is 0 Å². The zero-order valence-electron chi connectivity index (χ0n) is 11.2. The van der Waals surface area contributed by atoms with Crippen LogP contribution in [-0.4, -0.2) is 54.5 Å². The monoisotopic (exact) mass is 263 g/mol. The molecule has 104 valence electrons. The van der Waals surface area contributed by atoms with Gasteiger partial charge in [-0.05, 0) is 25.0 Å². The zero-order valence-corrected chi connectivity index (χ0v) is 11.2. The fourth-order valence-electron chi connectivity index (χ4n) is 2.90. The van der Waals surface area contributed by atoms with Gasteiger partial charge in [-0.2, -0.15) is 0 Å². The number of nitrogens with one attached hydrogen (secondary N) is 1. The zero-order chi connectivity index (χ0) is 13.1. The van der Waals surface area contributed by atoms with Crippen LogP contribution in [0.3, 0.4) is 0 Å². The maximum absolute atomic E-state index is 12.4. The van der Waals surface area contributed by atoms with Crippen molar-refractivity contribution in [1.82, 2.24) is 15.1 Å². The largest absolute Gasteiger partial charge is 0.468 e. The van der Waals surface area contributed by atoms with Crippen LogP contribution in [0, 0.1) is 0 Å². The predicted molar refractivity (Wildman–Crippen MR) is 71.6 cm³/mol. The number of carbonyl (C=O) groups excluding carboxylic acids is 1. The van der Waals surface area contributed by atoms with Crippen LogP contribution in [-0.2, 0) is 11.3 Å². The van der Waals surface area contributed by atoms with Crippen molar-refractivity contribution in [3.63, 3.8) is 0 Å². The van der Waals surface area contributed by atoms with Crippen LogP contribution in [0.15, 0.2) is 22.8 Å². The van der Waals surface area contributed by atoms with Gasteiger partial charge < -0.3 is 14.6 Å². The van der Waals surface area contributed by atoms with E-state index in [9.17, 15) is 4.79 Å². The highest BCUT2D eigenvalue weighted by Crippen LogP contribution is 2.13. The minimum absolute atomic E-state index is 0.0539. The van der Waals surface area contributed by atoms with Gasteiger partial charge in [-0.15, -0.1) is 0 Å². The van der Waals surface area contributed by atoms with Gasteiger partial charge in [0, 0.05) is 32.7 Å². The molecule has 0 spiro atoms. The summed E-state index contributed by atoms with van der Waals surface area (Å²) < 4.78 is 5.37. The first-order valence-corrected chi connectivity index (χ1v) is 7.10. The third-order valence-electron chi connectivity index (χ3n) is 3.93. The molecule has 1 unspecified atom stereocenters. The predicted octanol–water partition coefficient (Wildman–Crippen LogP) is 0.676. The van der Waals surface area contributed by atoms with E-state index in [0.717, 1.165) is 57.9 Å². The molecule has 0 bridgehead atoms. The standard InChI is InChI=1S/C14H21N3O2/c18-14(17-6-1-2-7-17)13-11-16(8-5-15-13)10-12-4-3-9-19-12/h3-4,9,13,15H,1-2,5-8,10-11H2. The van der Waals surface area contributed by atoms with Gasteiger partial charge in [-0.3, -0.25) is 9.69 Å². The van der Waals surface area contributed by atoms with Gasteiger partial charge in [0.1, 0.15) is 5.76 Å². The van der Waals surface area contributed by atoms with Gasteiger partial charge in [0.05, 0.1) is 18.8 Å². The summed E-state index contributed by atoms with van der Waals surface area (Å²) in [5.41, 5.74) is 0. The quantitative estimate of drug-likeness (QED) is 0.871. The van der Waals surface area contributed by atoms with Crippen LogP contribution in [0.5, 0.6) is 0 Å². The van der Waals surface area contributed by atoms with Crippen molar-refractivity contribution in [1.29, 1.82) is 0 Å². The normalized spacial score (nSPS) is 24.8. The average Bonchev–Trinajstić information content (AvgIpc) is 3.11. The van der Waals surface area contributed by atoms with E-state index in [2.05, 4.69) is 10.2 Å².